The van der Waals surface area contributed by atoms with Gasteiger partial charge in [0, 0.05) is 43.5 Å². The predicted octanol–water partition coefficient (Wildman–Crippen LogP) is 3.34. The fourth-order valence-electron chi connectivity index (χ4n) is 4.18. The van der Waals surface area contributed by atoms with Crippen molar-refractivity contribution in [3.8, 4) is 23.0 Å². The molecule has 10 heteroatoms. The normalized spacial score (nSPS) is 14.5. The average molecular weight is 520 g/mol. The molecule has 0 radical (unpaired) electrons. The minimum atomic E-state index is -3.69. The highest BCUT2D eigenvalue weighted by molar-refractivity contribution is 7.89. The SMILES string of the molecule is CCN(CC)S(=O)(=O)c1cccc(-c2nn(-c3ccccc3)cc2/C=C(\C#N)C(=O)N2CCOCC2)c1. The third-order valence-corrected chi connectivity index (χ3v) is 8.21. The molecule has 37 heavy (non-hydrogen) atoms. The third-order valence-electron chi connectivity index (χ3n) is 6.16. The monoisotopic (exact) mass is 519 g/mol. The Morgan fingerprint density at radius 2 is 1.81 bits per heavy atom. The first-order valence-electron chi connectivity index (χ1n) is 12.1. The average Bonchev–Trinajstić information content (AvgIpc) is 3.37. The number of benzene rings is 2. The van der Waals surface area contributed by atoms with E-state index in [-0.39, 0.29) is 16.4 Å². The van der Waals surface area contributed by atoms with E-state index >= 15 is 0 Å². The second kappa shape index (κ2) is 11.5. The highest BCUT2D eigenvalue weighted by Gasteiger charge is 2.24. The van der Waals surface area contributed by atoms with Gasteiger partial charge in [-0.05, 0) is 30.3 Å². The lowest BCUT2D eigenvalue weighted by molar-refractivity contribution is -0.130. The van der Waals surface area contributed by atoms with Gasteiger partial charge in [0.25, 0.3) is 5.91 Å². The van der Waals surface area contributed by atoms with Gasteiger partial charge in [-0.1, -0.05) is 44.2 Å². The molecule has 1 saturated heterocycles. The zero-order chi connectivity index (χ0) is 26.4. The lowest BCUT2D eigenvalue weighted by Gasteiger charge is -2.26. The van der Waals surface area contributed by atoms with Crippen molar-refractivity contribution in [2.75, 3.05) is 39.4 Å². The number of amides is 1. The van der Waals surface area contributed by atoms with Crippen LogP contribution >= 0.6 is 0 Å². The number of nitrogens with zero attached hydrogens (tertiary/aromatic N) is 5. The molecule has 2 heterocycles. The summed E-state index contributed by atoms with van der Waals surface area (Å²) >= 11 is 0. The van der Waals surface area contributed by atoms with Crippen LogP contribution in [0.5, 0.6) is 0 Å². The van der Waals surface area contributed by atoms with E-state index in [1.807, 2.05) is 36.4 Å². The van der Waals surface area contributed by atoms with E-state index < -0.39 is 10.0 Å². The van der Waals surface area contributed by atoms with Crippen molar-refractivity contribution in [2.45, 2.75) is 18.7 Å². The largest absolute Gasteiger partial charge is 0.378 e. The van der Waals surface area contributed by atoms with Gasteiger partial charge in [0.05, 0.1) is 23.8 Å². The van der Waals surface area contributed by atoms with Crippen molar-refractivity contribution in [1.29, 1.82) is 5.26 Å². The van der Waals surface area contributed by atoms with Gasteiger partial charge < -0.3 is 9.64 Å². The molecule has 0 unspecified atom stereocenters. The molecule has 1 amide bonds. The molecule has 0 saturated carbocycles. The number of nitriles is 1. The molecule has 2 aromatic carbocycles. The summed E-state index contributed by atoms with van der Waals surface area (Å²) in [6, 6.07) is 18.0. The van der Waals surface area contributed by atoms with E-state index in [1.165, 1.54) is 10.4 Å². The van der Waals surface area contributed by atoms with Crippen molar-refractivity contribution < 1.29 is 17.9 Å². The summed E-state index contributed by atoms with van der Waals surface area (Å²) in [6.07, 6.45) is 3.26. The van der Waals surface area contributed by atoms with Crippen LogP contribution in [-0.2, 0) is 19.6 Å². The Bertz CT molecular complexity index is 1430. The van der Waals surface area contributed by atoms with Gasteiger partial charge in [-0.15, -0.1) is 0 Å². The number of hydrogen-bond donors (Lipinski definition) is 0. The summed E-state index contributed by atoms with van der Waals surface area (Å²) in [6.45, 7) is 5.99. The van der Waals surface area contributed by atoms with Gasteiger partial charge >= 0.3 is 0 Å². The second-order valence-electron chi connectivity index (χ2n) is 8.40. The number of aromatic nitrogens is 2. The van der Waals surface area contributed by atoms with Gasteiger partial charge in [0.1, 0.15) is 17.3 Å². The highest BCUT2D eigenvalue weighted by Crippen LogP contribution is 2.29. The molecule has 0 spiro atoms. The standard InChI is InChI=1S/C27H29N5O4S/c1-3-31(4-2)37(34,35)25-12-8-9-21(18-25)26-23(20-32(29-26)24-10-6-5-7-11-24)17-22(19-28)27(33)30-13-15-36-16-14-30/h5-12,17-18,20H,3-4,13-16H2,1-2H3/b22-17+. The maximum Gasteiger partial charge on any atom is 0.264 e. The van der Waals surface area contributed by atoms with E-state index in [0.29, 0.717) is 56.2 Å². The number of carbonyl (C=O) groups is 1. The van der Waals surface area contributed by atoms with E-state index in [9.17, 15) is 18.5 Å². The first-order chi connectivity index (χ1) is 17.9. The van der Waals surface area contributed by atoms with Crippen LogP contribution in [0, 0.1) is 11.3 Å². The van der Waals surface area contributed by atoms with E-state index in [4.69, 9.17) is 9.84 Å². The molecule has 1 aromatic heterocycles. The molecular formula is C27H29N5O4S. The van der Waals surface area contributed by atoms with E-state index in [2.05, 4.69) is 0 Å². The summed E-state index contributed by atoms with van der Waals surface area (Å²) in [7, 11) is -3.69. The van der Waals surface area contributed by atoms with Crippen molar-refractivity contribution in [2.24, 2.45) is 0 Å². The summed E-state index contributed by atoms with van der Waals surface area (Å²) < 4.78 is 34.7. The van der Waals surface area contributed by atoms with Crippen LogP contribution in [0.1, 0.15) is 19.4 Å². The molecule has 0 aliphatic carbocycles. The number of carbonyl (C=O) groups excluding carboxylic acids is 1. The van der Waals surface area contributed by atoms with Gasteiger partial charge in [-0.2, -0.15) is 14.7 Å². The molecule has 1 fully saturated rings. The summed E-state index contributed by atoms with van der Waals surface area (Å²) in [5, 5.41) is 14.6. The Labute approximate surface area is 217 Å². The van der Waals surface area contributed by atoms with Crippen molar-refractivity contribution in [3.63, 3.8) is 0 Å². The zero-order valence-electron chi connectivity index (χ0n) is 20.9. The summed E-state index contributed by atoms with van der Waals surface area (Å²) in [4.78, 5) is 14.8. The fourth-order valence-corrected chi connectivity index (χ4v) is 5.69. The third kappa shape index (κ3) is 5.64. The lowest BCUT2D eigenvalue weighted by Crippen LogP contribution is -2.41. The Morgan fingerprint density at radius 1 is 1.11 bits per heavy atom. The van der Waals surface area contributed by atoms with Crippen LogP contribution in [0.3, 0.4) is 0 Å². The number of para-hydroxylation sites is 1. The van der Waals surface area contributed by atoms with Gasteiger partial charge in [-0.3, -0.25) is 4.79 Å². The van der Waals surface area contributed by atoms with Crippen molar-refractivity contribution >= 4 is 22.0 Å². The number of rotatable bonds is 8. The molecular weight excluding hydrogens is 490 g/mol. The smallest absolute Gasteiger partial charge is 0.264 e. The van der Waals surface area contributed by atoms with E-state index in [0.717, 1.165) is 5.69 Å². The molecule has 0 atom stereocenters. The molecule has 1 aliphatic heterocycles. The molecule has 1 aliphatic rings. The zero-order valence-corrected chi connectivity index (χ0v) is 21.7. The Kier molecular flexibility index (Phi) is 8.18. The van der Waals surface area contributed by atoms with Crippen LogP contribution in [0.15, 0.2) is 71.3 Å². The van der Waals surface area contributed by atoms with Crippen LogP contribution < -0.4 is 0 Å². The van der Waals surface area contributed by atoms with Gasteiger partial charge in [-0.25, -0.2) is 13.1 Å². The minimum Gasteiger partial charge on any atom is -0.378 e. The number of morpholine rings is 1. The molecule has 4 rings (SSSR count). The number of sulfonamides is 1. The summed E-state index contributed by atoms with van der Waals surface area (Å²) in [5.41, 5.74) is 2.31. The first-order valence-corrected chi connectivity index (χ1v) is 13.6. The number of hydrogen-bond acceptors (Lipinski definition) is 6. The summed E-state index contributed by atoms with van der Waals surface area (Å²) in [5.74, 6) is -0.373. The molecule has 0 N–H and O–H groups in total. The van der Waals surface area contributed by atoms with Crippen molar-refractivity contribution in [1.82, 2.24) is 19.0 Å². The number of ether oxygens (including phenoxy) is 1. The Morgan fingerprint density at radius 3 is 2.46 bits per heavy atom. The maximum absolute atomic E-state index is 13.2. The molecule has 0 bridgehead atoms. The highest BCUT2D eigenvalue weighted by atomic mass is 32.2. The molecule has 9 nitrogen and oxygen atoms in total. The maximum atomic E-state index is 13.2. The van der Waals surface area contributed by atoms with E-state index in [1.54, 1.807) is 53.9 Å². The van der Waals surface area contributed by atoms with Crippen molar-refractivity contribution in [3.05, 3.63) is 71.9 Å². The molecule has 3 aromatic rings. The van der Waals surface area contributed by atoms with Crippen LogP contribution in [0.2, 0.25) is 0 Å². The quantitative estimate of drug-likeness (QED) is 0.334. The second-order valence-corrected chi connectivity index (χ2v) is 10.3. The minimum absolute atomic E-state index is 0.0253. The Balaban J connectivity index is 1.82. The van der Waals surface area contributed by atoms with Crippen LogP contribution in [-0.4, -0.2) is 72.7 Å². The first kappa shape index (κ1) is 26.3. The fraction of sp³-hybridized carbons (Fsp3) is 0.296. The van der Waals surface area contributed by atoms with Crippen LogP contribution in [0.4, 0.5) is 0 Å². The molecule has 192 valence electrons. The van der Waals surface area contributed by atoms with Gasteiger partial charge in [0.2, 0.25) is 10.0 Å². The Hall–Kier alpha value is -3.78. The predicted molar refractivity (Wildman–Crippen MR) is 140 cm³/mol. The van der Waals surface area contributed by atoms with Crippen LogP contribution in [0.25, 0.3) is 23.0 Å². The topological polar surface area (TPSA) is 109 Å². The van der Waals surface area contributed by atoms with Gasteiger partial charge in [0.15, 0.2) is 0 Å². The lowest BCUT2D eigenvalue weighted by atomic mass is 10.1.